The van der Waals surface area contributed by atoms with Crippen molar-refractivity contribution in [1.29, 1.82) is 0 Å². The molecule has 2 atom stereocenters. The van der Waals surface area contributed by atoms with Crippen molar-refractivity contribution in [1.82, 2.24) is 4.98 Å². The summed E-state index contributed by atoms with van der Waals surface area (Å²) in [6, 6.07) is 40.8. The molecule has 39 heavy (non-hydrogen) atoms. The number of anilines is 1. The third-order valence-electron chi connectivity index (χ3n) is 7.76. The van der Waals surface area contributed by atoms with Gasteiger partial charge in [-0.25, -0.2) is 9.99 Å². The number of thiazole rings is 1. The van der Waals surface area contributed by atoms with Crippen molar-refractivity contribution in [2.24, 2.45) is 11.0 Å². The lowest BCUT2D eigenvalue weighted by molar-refractivity contribution is 0.487. The fraction of sp³-hybridized carbons (Fsp3) is 0.143. The van der Waals surface area contributed by atoms with Gasteiger partial charge < -0.3 is 0 Å². The van der Waals surface area contributed by atoms with Crippen LogP contribution < -0.4 is 5.01 Å². The third kappa shape index (κ3) is 4.73. The van der Waals surface area contributed by atoms with Crippen molar-refractivity contribution in [3.63, 3.8) is 0 Å². The summed E-state index contributed by atoms with van der Waals surface area (Å²) in [6.07, 6.45) is 5.71. The van der Waals surface area contributed by atoms with Gasteiger partial charge in [-0.3, -0.25) is 0 Å². The van der Waals surface area contributed by atoms with Gasteiger partial charge in [-0.15, -0.1) is 11.3 Å². The highest BCUT2D eigenvalue weighted by Crippen LogP contribution is 2.47. The van der Waals surface area contributed by atoms with E-state index >= 15 is 0 Å². The minimum atomic E-state index is 0.153. The van der Waals surface area contributed by atoms with Crippen molar-refractivity contribution >= 4 is 28.3 Å². The van der Waals surface area contributed by atoms with Gasteiger partial charge in [0.25, 0.3) is 0 Å². The average molecular weight is 524 g/mol. The van der Waals surface area contributed by atoms with E-state index in [0.29, 0.717) is 5.92 Å². The smallest absolute Gasteiger partial charge is 0.207 e. The molecule has 190 valence electrons. The molecule has 3 nitrogen and oxygen atoms in total. The average Bonchev–Trinajstić information content (AvgIpc) is 3.65. The van der Waals surface area contributed by atoms with Crippen LogP contribution in [0.15, 0.2) is 131 Å². The van der Waals surface area contributed by atoms with Crippen molar-refractivity contribution in [3.05, 3.63) is 137 Å². The lowest BCUT2D eigenvalue weighted by atomic mass is 9.77. The minimum Gasteiger partial charge on any atom is -0.231 e. The van der Waals surface area contributed by atoms with Crippen LogP contribution in [0.25, 0.3) is 28.5 Å². The Morgan fingerprint density at radius 3 is 2.10 bits per heavy atom. The van der Waals surface area contributed by atoms with E-state index in [0.717, 1.165) is 29.2 Å². The van der Waals surface area contributed by atoms with Gasteiger partial charge in [-0.05, 0) is 53.2 Å². The van der Waals surface area contributed by atoms with Crippen molar-refractivity contribution in [2.45, 2.75) is 25.3 Å². The van der Waals surface area contributed by atoms with Gasteiger partial charge in [0.15, 0.2) is 0 Å². The molecule has 1 aliphatic heterocycles. The highest BCUT2D eigenvalue weighted by Gasteiger charge is 2.42. The van der Waals surface area contributed by atoms with Crippen LogP contribution in [0.2, 0.25) is 0 Å². The van der Waals surface area contributed by atoms with Gasteiger partial charge >= 0.3 is 0 Å². The zero-order valence-corrected chi connectivity index (χ0v) is 22.5. The van der Waals surface area contributed by atoms with Crippen LogP contribution in [-0.2, 0) is 0 Å². The summed E-state index contributed by atoms with van der Waals surface area (Å²) >= 11 is 1.68. The minimum absolute atomic E-state index is 0.153. The molecule has 4 aromatic carbocycles. The molecule has 2 aliphatic rings. The Balaban J connectivity index is 1.24. The first-order valence-corrected chi connectivity index (χ1v) is 14.5. The molecule has 1 aromatic heterocycles. The Kier molecular flexibility index (Phi) is 6.39. The standard InChI is InChI=1S/C35H29N3S/c1-4-11-25(12-5-1)23-30-17-10-18-31-33(30)37-38(34(31)29-15-8-3-9-16-29)35-36-32(24-39-35)28-21-19-27(20-22-28)26-13-6-2-7-14-26/h1-9,11-16,19-24,31,34H,10,17-18H2/b30-23-/t31-,34-/m1/s1. The van der Waals surface area contributed by atoms with E-state index in [1.54, 1.807) is 11.3 Å². The van der Waals surface area contributed by atoms with Crippen molar-refractivity contribution in [3.8, 4) is 22.4 Å². The van der Waals surface area contributed by atoms with Crippen molar-refractivity contribution < 1.29 is 0 Å². The summed E-state index contributed by atoms with van der Waals surface area (Å²) in [5, 5.41) is 10.6. The summed E-state index contributed by atoms with van der Waals surface area (Å²) in [7, 11) is 0. The maximum Gasteiger partial charge on any atom is 0.207 e. The van der Waals surface area contributed by atoms with E-state index in [1.807, 2.05) is 0 Å². The molecule has 0 spiro atoms. The SMILES string of the molecule is C(=C1\CCC[C@@H]2C1=NN(c1nc(-c3ccc(-c4ccccc4)cc3)cs1)[C@@H]2c1ccccc1)/c1ccccc1. The zero-order chi connectivity index (χ0) is 26.0. The molecule has 5 aromatic rings. The molecule has 1 saturated carbocycles. The number of allylic oxidation sites excluding steroid dienone is 1. The van der Waals surface area contributed by atoms with Crippen LogP contribution in [0.1, 0.15) is 36.4 Å². The molecular formula is C35H29N3S. The predicted molar refractivity (Wildman–Crippen MR) is 164 cm³/mol. The van der Waals surface area contributed by atoms with Crippen LogP contribution in [0.4, 0.5) is 5.13 Å². The second-order valence-corrected chi connectivity index (χ2v) is 11.1. The number of nitrogens with zero attached hydrogens (tertiary/aromatic N) is 3. The normalized spacial score (nSPS) is 19.6. The third-order valence-corrected chi connectivity index (χ3v) is 8.59. The molecule has 4 heteroatoms. The van der Waals surface area contributed by atoms with E-state index in [-0.39, 0.29) is 6.04 Å². The summed E-state index contributed by atoms with van der Waals surface area (Å²) in [6.45, 7) is 0. The second-order valence-electron chi connectivity index (χ2n) is 10.2. The molecule has 0 saturated heterocycles. The quantitative estimate of drug-likeness (QED) is 0.230. The number of fused-ring (bicyclic) bond motifs is 1. The first kappa shape index (κ1) is 23.8. The molecular weight excluding hydrogens is 494 g/mol. The maximum atomic E-state index is 5.31. The molecule has 0 amide bonds. The first-order valence-electron chi connectivity index (χ1n) is 13.6. The molecule has 1 fully saturated rings. The van der Waals surface area contributed by atoms with Crippen LogP contribution in [0, 0.1) is 5.92 Å². The maximum absolute atomic E-state index is 5.31. The number of rotatable bonds is 5. The Morgan fingerprint density at radius 2 is 1.36 bits per heavy atom. The lowest BCUT2D eigenvalue weighted by Gasteiger charge is -2.29. The van der Waals surface area contributed by atoms with Gasteiger partial charge in [0, 0.05) is 16.9 Å². The lowest BCUT2D eigenvalue weighted by Crippen LogP contribution is -2.28. The van der Waals surface area contributed by atoms with Gasteiger partial charge in [0.05, 0.1) is 17.4 Å². The predicted octanol–water partition coefficient (Wildman–Crippen LogP) is 9.28. The number of hydrogen-bond donors (Lipinski definition) is 0. The zero-order valence-electron chi connectivity index (χ0n) is 21.7. The number of hydrogen-bond acceptors (Lipinski definition) is 4. The number of benzene rings is 4. The Bertz CT molecular complexity index is 1620. The summed E-state index contributed by atoms with van der Waals surface area (Å²) < 4.78 is 0. The van der Waals surface area contributed by atoms with E-state index < -0.39 is 0 Å². The molecule has 0 N–H and O–H groups in total. The van der Waals surface area contributed by atoms with Gasteiger partial charge in [0.2, 0.25) is 5.13 Å². The highest BCUT2D eigenvalue weighted by atomic mass is 32.1. The highest BCUT2D eigenvalue weighted by molar-refractivity contribution is 7.14. The second kappa shape index (κ2) is 10.5. The molecule has 1 aliphatic carbocycles. The monoisotopic (exact) mass is 523 g/mol. The summed E-state index contributed by atoms with van der Waals surface area (Å²) in [5.74, 6) is 0.355. The molecule has 2 heterocycles. The Labute approximate surface area is 233 Å². The topological polar surface area (TPSA) is 28.5 Å². The van der Waals surface area contributed by atoms with Crippen LogP contribution >= 0.6 is 11.3 Å². The molecule has 0 unspecified atom stereocenters. The van der Waals surface area contributed by atoms with Crippen LogP contribution in [0.5, 0.6) is 0 Å². The fourth-order valence-electron chi connectivity index (χ4n) is 5.86. The summed E-state index contributed by atoms with van der Waals surface area (Å²) in [5.41, 5.74) is 9.68. The van der Waals surface area contributed by atoms with E-state index in [2.05, 4.69) is 132 Å². The number of aromatic nitrogens is 1. The van der Waals surface area contributed by atoms with E-state index in [4.69, 9.17) is 10.1 Å². The summed E-state index contributed by atoms with van der Waals surface area (Å²) in [4.78, 5) is 5.13. The molecule has 0 bridgehead atoms. The van der Waals surface area contributed by atoms with Crippen LogP contribution in [-0.4, -0.2) is 10.7 Å². The van der Waals surface area contributed by atoms with Gasteiger partial charge in [-0.2, -0.15) is 5.10 Å². The Hall–Kier alpha value is -4.28. The molecule has 0 radical (unpaired) electrons. The fourth-order valence-corrected chi connectivity index (χ4v) is 6.68. The molecule has 7 rings (SSSR count). The van der Waals surface area contributed by atoms with Crippen LogP contribution in [0.3, 0.4) is 0 Å². The van der Waals surface area contributed by atoms with E-state index in [1.165, 1.54) is 40.0 Å². The van der Waals surface area contributed by atoms with Crippen molar-refractivity contribution in [2.75, 3.05) is 5.01 Å². The van der Waals surface area contributed by atoms with Gasteiger partial charge in [-0.1, -0.05) is 115 Å². The van der Waals surface area contributed by atoms with Gasteiger partial charge in [0.1, 0.15) is 0 Å². The first-order chi connectivity index (χ1) is 19.3. The Morgan fingerprint density at radius 1 is 0.718 bits per heavy atom. The number of hydrazone groups is 1. The van der Waals surface area contributed by atoms with E-state index in [9.17, 15) is 0 Å². The largest absolute Gasteiger partial charge is 0.231 e.